The molecule has 0 fully saturated rings. The van der Waals surface area contributed by atoms with E-state index in [2.05, 4.69) is 9.71 Å². The van der Waals surface area contributed by atoms with E-state index in [0.29, 0.717) is 16.6 Å². The van der Waals surface area contributed by atoms with Crippen LogP contribution >= 0.6 is 0 Å². The van der Waals surface area contributed by atoms with Crippen LogP contribution in [-0.2, 0) is 30.0 Å². The quantitative estimate of drug-likeness (QED) is 0.329. The molecule has 1 N–H and O–H groups in total. The first-order chi connectivity index (χ1) is 17.6. The van der Waals surface area contributed by atoms with E-state index in [0.717, 1.165) is 23.3 Å². The van der Waals surface area contributed by atoms with Crippen LogP contribution in [0, 0.1) is 13.8 Å². The highest BCUT2D eigenvalue weighted by Crippen LogP contribution is 2.28. The largest absolute Gasteiger partial charge is 0.268 e. The van der Waals surface area contributed by atoms with Crippen molar-refractivity contribution in [2.24, 2.45) is 0 Å². The second kappa shape index (κ2) is 10.5. The number of rotatable bonds is 8. The van der Waals surface area contributed by atoms with Crippen molar-refractivity contribution in [1.29, 1.82) is 0 Å². The number of hydrogen-bond acceptors (Lipinski definition) is 4. The first-order valence-corrected chi connectivity index (χ1v) is 13.0. The normalized spacial score (nSPS) is 12.7. The third kappa shape index (κ3) is 4.91. The van der Waals surface area contributed by atoms with Gasteiger partial charge in [-0.3, -0.25) is 9.36 Å². The van der Waals surface area contributed by atoms with Crippen molar-refractivity contribution in [2.75, 3.05) is 0 Å². The van der Waals surface area contributed by atoms with Gasteiger partial charge in [-0.15, -0.1) is 0 Å². The maximum atomic E-state index is 13.9. The van der Waals surface area contributed by atoms with E-state index >= 15 is 0 Å². The number of hydrogen-bond donors (Lipinski definition) is 1. The zero-order valence-electron chi connectivity index (χ0n) is 20.6. The molecule has 1 aromatic heterocycles. The minimum absolute atomic E-state index is 0.109. The molecule has 0 radical (unpaired) electrons. The highest BCUT2D eigenvalue weighted by molar-refractivity contribution is 7.89. The molecule has 1 unspecified atom stereocenters. The van der Waals surface area contributed by atoms with Crippen LogP contribution in [0.1, 0.15) is 46.6 Å². The van der Waals surface area contributed by atoms with Crippen LogP contribution in [0.5, 0.6) is 0 Å². The van der Waals surface area contributed by atoms with Gasteiger partial charge in [-0.1, -0.05) is 35.9 Å². The summed E-state index contributed by atoms with van der Waals surface area (Å²) in [5, 5.41) is 0.357. The summed E-state index contributed by atoms with van der Waals surface area (Å²) in [5.41, 5.74) is 1.43. The predicted octanol–water partition coefficient (Wildman–Crippen LogP) is 5.45. The van der Waals surface area contributed by atoms with Gasteiger partial charge in [0.15, 0.2) is 0 Å². The average molecular weight is 530 g/mol. The summed E-state index contributed by atoms with van der Waals surface area (Å²) in [6.07, 6.45) is 0. The number of aromatic nitrogens is 2. The lowest BCUT2D eigenvalue weighted by atomic mass is 10.0. The zero-order chi connectivity index (χ0) is 26.9. The number of benzene rings is 3. The van der Waals surface area contributed by atoms with Crippen LogP contribution in [0.4, 0.5) is 13.2 Å². The lowest BCUT2D eigenvalue weighted by molar-refractivity contribution is 0.431. The summed E-state index contributed by atoms with van der Waals surface area (Å²) in [7, 11) is -4.42. The van der Waals surface area contributed by atoms with Gasteiger partial charge in [0, 0.05) is 5.56 Å². The van der Waals surface area contributed by atoms with E-state index in [1.807, 2.05) is 26.0 Å². The smallest absolute Gasteiger partial charge is 0.266 e. The number of nitrogens with zero attached hydrogens (tertiary/aromatic N) is 2. The molecule has 194 valence electrons. The summed E-state index contributed by atoms with van der Waals surface area (Å²) in [6.45, 7) is 1.70. The Hall–Kier alpha value is -3.50. The number of alkyl halides is 3. The minimum atomic E-state index is -4.42. The molecule has 0 aliphatic heterocycles. The molecule has 0 bridgehead atoms. The Kier molecular flexibility index (Phi) is 7.52. The molecular weight excluding hydrogens is 503 g/mol. The van der Waals surface area contributed by atoms with E-state index in [9.17, 15) is 26.4 Å². The van der Waals surface area contributed by atoms with Crippen molar-refractivity contribution in [2.45, 2.75) is 51.7 Å². The first kappa shape index (κ1) is 26.6. The summed E-state index contributed by atoms with van der Waals surface area (Å²) in [6, 6.07) is 13.4. The molecule has 0 saturated carbocycles. The molecule has 1 heterocycles. The molecule has 3 aromatic carbocycles. The van der Waals surface area contributed by atoms with Gasteiger partial charge in [0.2, 0.25) is 10.0 Å². The summed E-state index contributed by atoms with van der Waals surface area (Å²) in [4.78, 5) is 17.7. The van der Waals surface area contributed by atoms with Gasteiger partial charge in [0.1, 0.15) is 25.8 Å². The molecule has 10 heteroatoms. The summed E-state index contributed by atoms with van der Waals surface area (Å²) < 4.78 is 71.3. The average Bonchev–Trinajstić information content (AvgIpc) is 2.87. The van der Waals surface area contributed by atoms with Crippen molar-refractivity contribution in [1.82, 2.24) is 14.3 Å². The van der Waals surface area contributed by atoms with E-state index in [1.165, 1.54) is 11.5 Å². The zero-order valence-corrected chi connectivity index (χ0v) is 21.4. The van der Waals surface area contributed by atoms with Gasteiger partial charge in [0.25, 0.3) is 5.56 Å². The predicted molar refractivity (Wildman–Crippen MR) is 136 cm³/mol. The number of nitrogens with one attached hydrogen (secondary N) is 1. The second-order valence-corrected chi connectivity index (χ2v) is 10.5. The number of para-hydroxylation sites is 1. The Morgan fingerprint density at radius 3 is 2.30 bits per heavy atom. The van der Waals surface area contributed by atoms with Crippen LogP contribution in [0.25, 0.3) is 16.6 Å². The van der Waals surface area contributed by atoms with E-state index < -0.39 is 46.5 Å². The third-order valence-electron chi connectivity index (χ3n) is 6.30. The van der Waals surface area contributed by atoms with Crippen LogP contribution in [-0.4, -0.2) is 18.0 Å². The molecule has 4 aromatic rings. The third-order valence-corrected chi connectivity index (χ3v) is 7.93. The topological polar surface area (TPSA) is 81.1 Å². The highest BCUT2D eigenvalue weighted by atomic mass is 32.2. The highest BCUT2D eigenvalue weighted by Gasteiger charge is 2.28. The molecule has 0 spiro atoms. The van der Waals surface area contributed by atoms with Crippen molar-refractivity contribution in [3.8, 4) is 5.69 Å². The van der Waals surface area contributed by atoms with Gasteiger partial charge < -0.3 is 0 Å². The van der Waals surface area contributed by atoms with Gasteiger partial charge in [0.05, 0.1) is 27.5 Å². The second-order valence-electron chi connectivity index (χ2n) is 8.84. The lowest BCUT2D eigenvalue weighted by Gasteiger charge is -2.22. The van der Waals surface area contributed by atoms with Crippen LogP contribution < -0.4 is 10.3 Å². The standard InChI is InChI=1S/C27H26F3N3O3S/c1-16-8-10-24(17(2)12-16)33-26(31-23-7-5-4-6-20(23)27(33)34)18(3)32-37(35,36)25-11-9-19(13-28)21(14-29)22(25)15-30/h4-12,18,32H,13-15H2,1-3H3. The SMILES string of the molecule is Cc1ccc(-n2c(C(C)NS(=O)(=O)c3ccc(CF)c(CF)c3CF)nc3ccccc3c2=O)c(C)c1. The molecule has 0 aliphatic rings. The lowest BCUT2D eigenvalue weighted by Crippen LogP contribution is -2.34. The Labute approximate surface area is 212 Å². The van der Waals surface area contributed by atoms with Crippen LogP contribution in [0.15, 0.2) is 64.3 Å². The number of fused-ring (bicyclic) bond motifs is 1. The molecule has 6 nitrogen and oxygen atoms in total. The molecule has 0 amide bonds. The van der Waals surface area contributed by atoms with Crippen molar-refractivity contribution in [3.63, 3.8) is 0 Å². The maximum Gasteiger partial charge on any atom is 0.266 e. The minimum Gasteiger partial charge on any atom is -0.268 e. The fraction of sp³-hybridized carbons (Fsp3) is 0.259. The summed E-state index contributed by atoms with van der Waals surface area (Å²) >= 11 is 0. The van der Waals surface area contributed by atoms with Gasteiger partial charge >= 0.3 is 0 Å². The van der Waals surface area contributed by atoms with Crippen LogP contribution in [0.2, 0.25) is 0 Å². The Morgan fingerprint density at radius 2 is 1.65 bits per heavy atom. The number of sulfonamides is 1. The van der Waals surface area contributed by atoms with E-state index in [1.54, 1.807) is 30.3 Å². The maximum absolute atomic E-state index is 13.9. The Morgan fingerprint density at radius 1 is 0.946 bits per heavy atom. The molecule has 4 rings (SSSR count). The fourth-order valence-electron chi connectivity index (χ4n) is 4.49. The Bertz CT molecular complexity index is 1650. The van der Waals surface area contributed by atoms with Gasteiger partial charge in [-0.25, -0.2) is 31.3 Å². The molecule has 1 atom stereocenters. The van der Waals surface area contributed by atoms with Crippen molar-refractivity contribution in [3.05, 3.63) is 98.6 Å². The van der Waals surface area contributed by atoms with Crippen molar-refractivity contribution >= 4 is 20.9 Å². The fourth-order valence-corrected chi connectivity index (χ4v) is 5.94. The van der Waals surface area contributed by atoms with E-state index in [-0.39, 0.29) is 22.5 Å². The molecule has 37 heavy (non-hydrogen) atoms. The first-order valence-electron chi connectivity index (χ1n) is 11.6. The number of halogens is 3. The van der Waals surface area contributed by atoms with Crippen molar-refractivity contribution < 1.29 is 21.6 Å². The number of aryl methyl sites for hydroxylation is 2. The van der Waals surface area contributed by atoms with E-state index in [4.69, 9.17) is 0 Å². The Balaban J connectivity index is 1.89. The van der Waals surface area contributed by atoms with Gasteiger partial charge in [-0.05, 0) is 61.7 Å². The molecule has 0 saturated heterocycles. The summed E-state index contributed by atoms with van der Waals surface area (Å²) in [5.74, 6) is 0.118. The van der Waals surface area contributed by atoms with Gasteiger partial charge in [-0.2, -0.15) is 0 Å². The molecule has 0 aliphatic carbocycles. The molecular formula is C27H26F3N3O3S. The van der Waals surface area contributed by atoms with Crippen LogP contribution in [0.3, 0.4) is 0 Å². The monoisotopic (exact) mass is 529 g/mol.